The van der Waals surface area contributed by atoms with E-state index in [1.807, 2.05) is 51.4 Å². The van der Waals surface area contributed by atoms with Crippen molar-refractivity contribution in [3.63, 3.8) is 0 Å². The Hall–Kier alpha value is -3.29. The monoisotopic (exact) mass is 545 g/mol. The van der Waals surface area contributed by atoms with Crippen LogP contribution in [0.5, 0.6) is 0 Å². The number of esters is 1. The third kappa shape index (κ3) is 8.10. The zero-order valence-electron chi connectivity index (χ0n) is 24.0. The Bertz CT molecular complexity index is 1380. The first-order valence-corrected chi connectivity index (χ1v) is 14.1. The molecule has 0 unspecified atom stereocenters. The Morgan fingerprint density at radius 3 is 2.36 bits per heavy atom. The Balaban J connectivity index is 1.48. The number of aromatic nitrogens is 2. The third-order valence-electron chi connectivity index (χ3n) is 6.19. The van der Waals surface area contributed by atoms with Gasteiger partial charge in [0.1, 0.15) is 16.1 Å². The molecule has 0 aliphatic carbocycles. The molecular formula is C32H39N3O3S. The van der Waals surface area contributed by atoms with Crippen LogP contribution in [0.2, 0.25) is 0 Å². The molecule has 0 atom stereocenters. The second kappa shape index (κ2) is 11.8. The van der Waals surface area contributed by atoms with Gasteiger partial charge in [-0.3, -0.25) is 9.69 Å². The predicted octanol–water partition coefficient (Wildman–Crippen LogP) is 7.50. The molecule has 4 aromatic rings. The highest BCUT2D eigenvalue weighted by molar-refractivity contribution is 8.01. The fraction of sp³-hybridized carbons (Fsp3) is 0.375. The van der Waals surface area contributed by atoms with Crippen molar-refractivity contribution in [3.8, 4) is 5.69 Å². The van der Waals surface area contributed by atoms with Gasteiger partial charge in [-0.25, -0.2) is 4.68 Å². The summed E-state index contributed by atoms with van der Waals surface area (Å²) in [5.74, 6) is 0.700. The summed E-state index contributed by atoms with van der Waals surface area (Å²) in [4.78, 5) is 16.1. The van der Waals surface area contributed by atoms with Crippen LogP contribution < -0.4 is 0 Å². The lowest BCUT2D eigenvalue weighted by Gasteiger charge is -2.28. The molecule has 0 fully saturated rings. The number of carbonyl (C=O) groups is 1. The number of nitrogens with zero attached hydrogens (tertiary/aromatic N) is 3. The van der Waals surface area contributed by atoms with Crippen LogP contribution in [0.15, 0.2) is 82.4 Å². The van der Waals surface area contributed by atoms with Gasteiger partial charge < -0.3 is 9.15 Å². The molecule has 2 aromatic heterocycles. The molecule has 0 spiro atoms. The van der Waals surface area contributed by atoms with Gasteiger partial charge in [-0.15, -0.1) is 11.8 Å². The highest BCUT2D eigenvalue weighted by atomic mass is 32.2. The van der Waals surface area contributed by atoms with E-state index in [1.54, 1.807) is 6.26 Å². The highest BCUT2D eigenvalue weighted by Gasteiger charge is 2.33. The van der Waals surface area contributed by atoms with Crippen LogP contribution in [0.3, 0.4) is 0 Å². The van der Waals surface area contributed by atoms with Gasteiger partial charge in [0.25, 0.3) is 0 Å². The zero-order chi connectivity index (χ0) is 28.2. The maximum Gasteiger partial charge on any atom is 0.322 e. The second-order valence-corrected chi connectivity index (χ2v) is 13.2. The van der Waals surface area contributed by atoms with Gasteiger partial charge in [0.15, 0.2) is 0 Å². The van der Waals surface area contributed by atoms with Gasteiger partial charge >= 0.3 is 5.97 Å². The van der Waals surface area contributed by atoms with Crippen molar-refractivity contribution in [2.75, 3.05) is 0 Å². The minimum Gasteiger partial charge on any atom is -0.468 e. The lowest BCUT2D eigenvalue weighted by atomic mass is 10.1. The van der Waals surface area contributed by atoms with E-state index in [4.69, 9.17) is 14.3 Å². The molecule has 0 N–H and O–H groups in total. The summed E-state index contributed by atoms with van der Waals surface area (Å²) < 4.78 is 12.6. The fourth-order valence-corrected chi connectivity index (χ4v) is 5.20. The molecule has 0 saturated heterocycles. The average molecular weight is 546 g/mol. The molecule has 0 saturated carbocycles. The van der Waals surface area contributed by atoms with Crippen LogP contribution in [-0.4, -0.2) is 31.0 Å². The Kier molecular flexibility index (Phi) is 8.72. The first-order valence-electron chi connectivity index (χ1n) is 13.3. The van der Waals surface area contributed by atoms with Gasteiger partial charge in [0, 0.05) is 24.2 Å². The summed E-state index contributed by atoms with van der Waals surface area (Å²) in [6, 6.07) is 20.7. The molecule has 0 aliphatic rings. The number of furan rings is 1. The number of carbonyl (C=O) groups excluding carboxylic acids is 1. The molecule has 0 radical (unpaired) electrons. The summed E-state index contributed by atoms with van der Waals surface area (Å²) in [7, 11) is 0. The third-order valence-corrected chi connectivity index (χ3v) is 7.38. The van der Waals surface area contributed by atoms with Crippen LogP contribution in [0.1, 0.15) is 62.8 Å². The van der Waals surface area contributed by atoms with Crippen LogP contribution >= 0.6 is 11.8 Å². The first-order chi connectivity index (χ1) is 18.4. The maximum atomic E-state index is 12.7. The van der Waals surface area contributed by atoms with E-state index in [0.29, 0.717) is 13.1 Å². The van der Waals surface area contributed by atoms with Gasteiger partial charge in [-0.1, -0.05) is 24.3 Å². The SMILES string of the molecule is Cc1cccc(-n2cc(C)c(CN(Cc3ccc(SC(C)(C)C(=O)OC(C)(C)C)cc3)Cc3ccco3)n2)c1. The van der Waals surface area contributed by atoms with Crippen LogP contribution in [0, 0.1) is 13.8 Å². The Labute approximate surface area is 236 Å². The minimum atomic E-state index is -0.687. The predicted molar refractivity (Wildman–Crippen MR) is 157 cm³/mol. The molecule has 2 heterocycles. The van der Waals surface area contributed by atoms with E-state index in [9.17, 15) is 4.79 Å². The molecular weight excluding hydrogens is 506 g/mol. The van der Waals surface area contributed by atoms with Gasteiger partial charge in [-0.05, 0) is 102 Å². The van der Waals surface area contributed by atoms with Crippen molar-refractivity contribution in [2.45, 2.75) is 83.3 Å². The minimum absolute atomic E-state index is 0.214. The van der Waals surface area contributed by atoms with E-state index < -0.39 is 10.3 Å². The van der Waals surface area contributed by atoms with E-state index in [0.717, 1.165) is 34.1 Å². The number of thioether (sulfide) groups is 1. The quantitative estimate of drug-likeness (QED) is 0.152. The number of ether oxygens (including phenoxy) is 1. The number of rotatable bonds is 10. The highest BCUT2D eigenvalue weighted by Crippen LogP contribution is 2.35. The molecule has 7 heteroatoms. The Morgan fingerprint density at radius 1 is 0.974 bits per heavy atom. The van der Waals surface area contributed by atoms with E-state index in [1.165, 1.54) is 22.9 Å². The number of hydrogen-bond acceptors (Lipinski definition) is 6. The smallest absolute Gasteiger partial charge is 0.322 e. The summed E-state index contributed by atoms with van der Waals surface area (Å²) >= 11 is 1.52. The summed E-state index contributed by atoms with van der Waals surface area (Å²) in [6.45, 7) is 15.8. The summed E-state index contributed by atoms with van der Waals surface area (Å²) in [5, 5.41) is 4.93. The first kappa shape index (κ1) is 28.7. The average Bonchev–Trinajstić information content (AvgIpc) is 3.49. The lowest BCUT2D eigenvalue weighted by molar-refractivity contribution is -0.156. The molecule has 206 valence electrons. The molecule has 0 bridgehead atoms. The zero-order valence-corrected chi connectivity index (χ0v) is 24.8. The van der Waals surface area contributed by atoms with Crippen LogP contribution in [0.25, 0.3) is 5.69 Å². The normalized spacial score (nSPS) is 12.2. The molecule has 2 aromatic carbocycles. The van der Waals surface area contributed by atoms with Crippen molar-refractivity contribution < 1.29 is 13.9 Å². The van der Waals surface area contributed by atoms with Crippen LogP contribution in [-0.2, 0) is 29.2 Å². The van der Waals surface area contributed by atoms with Crippen LogP contribution in [0.4, 0.5) is 0 Å². The lowest BCUT2D eigenvalue weighted by Crippen LogP contribution is -2.36. The number of benzene rings is 2. The summed E-state index contributed by atoms with van der Waals surface area (Å²) in [6.07, 6.45) is 3.80. The standard InChI is InChI=1S/C32H39N3O3S/c1-23-10-8-11-26(18-23)35-19-24(2)29(33-35)22-34(21-27-12-9-17-37-27)20-25-13-15-28(16-14-25)39-32(6,7)30(36)38-31(3,4)5/h8-19H,20-22H2,1-7H3. The van der Waals surface area contributed by atoms with Crippen molar-refractivity contribution in [3.05, 3.63) is 101 Å². The van der Waals surface area contributed by atoms with Crippen molar-refractivity contribution >= 4 is 17.7 Å². The number of aryl methyl sites for hydroxylation is 2. The molecule has 0 aliphatic heterocycles. The Morgan fingerprint density at radius 2 is 1.72 bits per heavy atom. The van der Waals surface area contributed by atoms with Crippen molar-refractivity contribution in [1.29, 1.82) is 0 Å². The van der Waals surface area contributed by atoms with Gasteiger partial charge in [0.05, 0.1) is 24.2 Å². The largest absolute Gasteiger partial charge is 0.468 e. The fourth-order valence-electron chi connectivity index (χ4n) is 4.22. The molecule has 39 heavy (non-hydrogen) atoms. The number of hydrogen-bond donors (Lipinski definition) is 0. The van der Waals surface area contributed by atoms with E-state index >= 15 is 0 Å². The maximum absolute atomic E-state index is 12.7. The van der Waals surface area contributed by atoms with Gasteiger partial charge in [0.2, 0.25) is 0 Å². The molecule has 6 nitrogen and oxygen atoms in total. The van der Waals surface area contributed by atoms with Gasteiger partial charge in [-0.2, -0.15) is 5.10 Å². The molecule has 0 amide bonds. The van der Waals surface area contributed by atoms with E-state index in [-0.39, 0.29) is 5.97 Å². The van der Waals surface area contributed by atoms with E-state index in [2.05, 4.69) is 73.5 Å². The molecule has 4 rings (SSSR count). The van der Waals surface area contributed by atoms with Crippen molar-refractivity contribution in [1.82, 2.24) is 14.7 Å². The second-order valence-electron chi connectivity index (χ2n) is 11.5. The van der Waals surface area contributed by atoms with Crippen molar-refractivity contribution in [2.24, 2.45) is 0 Å². The topological polar surface area (TPSA) is 60.5 Å². The summed E-state index contributed by atoms with van der Waals surface area (Å²) in [5.41, 5.74) is 5.12.